The van der Waals surface area contributed by atoms with Crippen LogP contribution < -0.4 is 14.8 Å². The number of benzene rings is 3. The third-order valence-corrected chi connectivity index (χ3v) is 7.75. The van der Waals surface area contributed by atoms with Gasteiger partial charge in [-0.25, -0.2) is 13.1 Å². The Morgan fingerprint density at radius 1 is 1.00 bits per heavy atom. The topological polar surface area (TPSA) is 87.7 Å². The third kappa shape index (κ3) is 5.90. The summed E-state index contributed by atoms with van der Waals surface area (Å²) in [6.45, 7) is 3.62. The van der Waals surface area contributed by atoms with Crippen LogP contribution in [0.5, 0.6) is 5.75 Å². The van der Waals surface area contributed by atoms with E-state index in [9.17, 15) is 13.2 Å². The summed E-state index contributed by atoms with van der Waals surface area (Å²) < 4.78 is 32.1. The lowest BCUT2D eigenvalue weighted by molar-refractivity contribution is 0.0950. The lowest BCUT2D eigenvalue weighted by Gasteiger charge is -2.15. The lowest BCUT2D eigenvalue weighted by Crippen LogP contribution is -2.24. The van der Waals surface area contributed by atoms with Crippen LogP contribution in [0.4, 0.5) is 0 Å². The molecule has 0 bridgehead atoms. The minimum absolute atomic E-state index is 0.0791. The third-order valence-electron chi connectivity index (χ3n) is 6.31. The zero-order chi connectivity index (χ0) is 24.8. The molecule has 1 heterocycles. The molecule has 1 aliphatic rings. The molecular formula is C27H31N3O4S. The average Bonchev–Trinajstić information content (AvgIpc) is 3.40. The Morgan fingerprint density at radius 3 is 2.40 bits per heavy atom. The van der Waals surface area contributed by atoms with E-state index in [1.54, 1.807) is 6.07 Å². The Kier molecular flexibility index (Phi) is 7.85. The zero-order valence-corrected chi connectivity index (χ0v) is 20.9. The Hall–Kier alpha value is -3.20. The van der Waals surface area contributed by atoms with Crippen molar-refractivity contribution < 1.29 is 17.9 Å². The quantitative estimate of drug-likeness (QED) is 0.474. The molecule has 0 aromatic heterocycles. The van der Waals surface area contributed by atoms with E-state index in [4.69, 9.17) is 4.74 Å². The number of rotatable bonds is 9. The second-order valence-corrected chi connectivity index (χ2v) is 10.4. The van der Waals surface area contributed by atoms with Crippen molar-refractivity contribution >= 4 is 15.9 Å². The lowest BCUT2D eigenvalue weighted by atomic mass is 9.98. The van der Waals surface area contributed by atoms with E-state index in [1.807, 2.05) is 24.3 Å². The monoisotopic (exact) mass is 493 g/mol. The van der Waals surface area contributed by atoms with E-state index >= 15 is 0 Å². The average molecular weight is 494 g/mol. The van der Waals surface area contributed by atoms with Gasteiger partial charge in [-0.05, 0) is 73.4 Å². The van der Waals surface area contributed by atoms with Gasteiger partial charge in [-0.15, -0.1) is 0 Å². The molecule has 1 amide bonds. The molecule has 1 aliphatic heterocycles. The summed E-state index contributed by atoms with van der Waals surface area (Å²) in [5, 5.41) is 2.92. The smallest absolute Gasteiger partial charge is 0.251 e. The van der Waals surface area contributed by atoms with Gasteiger partial charge in [0.15, 0.2) is 0 Å². The standard InChI is InChI=1S/C27H31N3O4S/c1-28-35(32,33)26-17-22(13-14-25(26)34-2)27(31)29-18-23-7-3-4-8-24(23)21-11-9-20(10-12-21)19-30-15-5-6-16-30/h3-4,7-14,17,28H,5-6,15-16,18-19H2,1-2H3,(H,29,31). The van der Waals surface area contributed by atoms with Crippen molar-refractivity contribution in [2.75, 3.05) is 27.2 Å². The van der Waals surface area contributed by atoms with E-state index < -0.39 is 10.0 Å². The number of sulfonamides is 1. The second-order valence-electron chi connectivity index (χ2n) is 8.59. The summed E-state index contributed by atoms with van der Waals surface area (Å²) in [4.78, 5) is 15.3. The fourth-order valence-electron chi connectivity index (χ4n) is 4.36. The highest BCUT2D eigenvalue weighted by Gasteiger charge is 2.20. The van der Waals surface area contributed by atoms with Gasteiger partial charge in [-0.3, -0.25) is 9.69 Å². The van der Waals surface area contributed by atoms with Crippen molar-refractivity contribution in [2.45, 2.75) is 30.8 Å². The van der Waals surface area contributed by atoms with Gasteiger partial charge < -0.3 is 10.1 Å². The van der Waals surface area contributed by atoms with Crippen LogP contribution in [0.1, 0.15) is 34.3 Å². The van der Waals surface area contributed by atoms with Crippen molar-refractivity contribution in [3.63, 3.8) is 0 Å². The fraction of sp³-hybridized carbons (Fsp3) is 0.296. The van der Waals surface area contributed by atoms with Gasteiger partial charge in [-0.1, -0.05) is 48.5 Å². The molecule has 8 heteroatoms. The molecule has 35 heavy (non-hydrogen) atoms. The number of hydrogen-bond donors (Lipinski definition) is 2. The molecular weight excluding hydrogens is 462 g/mol. The molecule has 2 N–H and O–H groups in total. The summed E-state index contributed by atoms with van der Waals surface area (Å²) in [6, 6.07) is 20.9. The molecule has 0 saturated carbocycles. The highest BCUT2D eigenvalue weighted by molar-refractivity contribution is 7.89. The predicted molar refractivity (Wildman–Crippen MR) is 137 cm³/mol. The van der Waals surface area contributed by atoms with E-state index in [0.717, 1.165) is 23.2 Å². The number of nitrogens with zero attached hydrogens (tertiary/aromatic N) is 1. The zero-order valence-electron chi connectivity index (χ0n) is 20.1. The van der Waals surface area contributed by atoms with Gasteiger partial charge >= 0.3 is 0 Å². The molecule has 3 aromatic carbocycles. The first-order valence-electron chi connectivity index (χ1n) is 11.7. The molecule has 4 rings (SSSR count). The molecule has 1 fully saturated rings. The normalized spacial score (nSPS) is 14.1. The first-order valence-corrected chi connectivity index (χ1v) is 13.2. The summed E-state index contributed by atoms with van der Waals surface area (Å²) >= 11 is 0. The summed E-state index contributed by atoms with van der Waals surface area (Å²) in [5.74, 6) is -0.189. The fourth-order valence-corrected chi connectivity index (χ4v) is 5.28. The number of hydrogen-bond acceptors (Lipinski definition) is 5. The van der Waals surface area contributed by atoms with Crippen LogP contribution in [0, 0.1) is 0 Å². The number of methoxy groups -OCH3 is 1. The number of ether oxygens (including phenoxy) is 1. The van der Waals surface area contributed by atoms with Crippen LogP contribution in [0.25, 0.3) is 11.1 Å². The maximum Gasteiger partial charge on any atom is 0.251 e. The Labute approximate surface area is 207 Å². The SMILES string of the molecule is CNS(=O)(=O)c1cc(C(=O)NCc2ccccc2-c2ccc(CN3CCCC3)cc2)ccc1OC. The van der Waals surface area contributed by atoms with Crippen molar-refractivity contribution in [2.24, 2.45) is 0 Å². The number of nitrogens with one attached hydrogen (secondary N) is 2. The van der Waals surface area contributed by atoms with Crippen LogP contribution in [-0.4, -0.2) is 46.5 Å². The van der Waals surface area contributed by atoms with Gasteiger partial charge in [-0.2, -0.15) is 0 Å². The van der Waals surface area contributed by atoms with Crippen molar-refractivity contribution in [1.29, 1.82) is 0 Å². The van der Waals surface area contributed by atoms with Crippen LogP contribution >= 0.6 is 0 Å². The number of amides is 1. The summed E-state index contributed by atoms with van der Waals surface area (Å²) in [5.41, 5.74) is 4.65. The molecule has 0 spiro atoms. The van der Waals surface area contributed by atoms with Gasteiger partial charge in [0.05, 0.1) is 7.11 Å². The van der Waals surface area contributed by atoms with Crippen LogP contribution in [0.2, 0.25) is 0 Å². The largest absolute Gasteiger partial charge is 0.495 e. The minimum Gasteiger partial charge on any atom is -0.495 e. The minimum atomic E-state index is -3.78. The van der Waals surface area contributed by atoms with E-state index in [1.165, 1.54) is 57.8 Å². The van der Waals surface area contributed by atoms with E-state index in [-0.39, 0.29) is 22.1 Å². The number of likely N-dealkylation sites (tertiary alicyclic amines) is 1. The molecule has 0 aliphatic carbocycles. The van der Waals surface area contributed by atoms with E-state index in [0.29, 0.717) is 6.54 Å². The molecule has 3 aromatic rings. The Bertz CT molecular complexity index is 1280. The Morgan fingerprint density at radius 2 is 1.71 bits per heavy atom. The highest BCUT2D eigenvalue weighted by Crippen LogP contribution is 2.26. The molecule has 184 valence electrons. The van der Waals surface area contributed by atoms with Gasteiger partial charge in [0.2, 0.25) is 10.0 Å². The molecule has 0 atom stereocenters. The number of carbonyl (C=O) groups excluding carboxylic acids is 1. The molecule has 0 radical (unpaired) electrons. The summed E-state index contributed by atoms with van der Waals surface area (Å²) in [6.07, 6.45) is 2.56. The van der Waals surface area contributed by atoms with Crippen molar-refractivity contribution in [3.8, 4) is 16.9 Å². The first kappa shape index (κ1) is 24.9. The molecule has 7 nitrogen and oxygen atoms in total. The van der Waals surface area contributed by atoms with Gasteiger partial charge in [0.1, 0.15) is 10.6 Å². The van der Waals surface area contributed by atoms with Crippen LogP contribution in [0.15, 0.2) is 71.6 Å². The molecule has 1 saturated heterocycles. The van der Waals surface area contributed by atoms with Crippen LogP contribution in [0.3, 0.4) is 0 Å². The van der Waals surface area contributed by atoms with Crippen molar-refractivity contribution in [3.05, 3.63) is 83.4 Å². The maximum absolute atomic E-state index is 12.9. The second kappa shape index (κ2) is 11.0. The maximum atomic E-state index is 12.9. The van der Waals surface area contributed by atoms with Crippen molar-refractivity contribution in [1.82, 2.24) is 14.9 Å². The highest BCUT2D eigenvalue weighted by atomic mass is 32.2. The Balaban J connectivity index is 1.48. The van der Waals surface area contributed by atoms with Gasteiger partial charge in [0, 0.05) is 18.7 Å². The summed E-state index contributed by atoms with van der Waals surface area (Å²) in [7, 11) is -1.07. The number of carbonyl (C=O) groups is 1. The van der Waals surface area contributed by atoms with Crippen LogP contribution in [-0.2, 0) is 23.1 Å². The first-order chi connectivity index (χ1) is 16.9. The predicted octanol–water partition coefficient (Wildman–Crippen LogP) is 3.80. The van der Waals surface area contributed by atoms with Gasteiger partial charge in [0.25, 0.3) is 5.91 Å². The molecule has 0 unspecified atom stereocenters. The van der Waals surface area contributed by atoms with E-state index in [2.05, 4.69) is 39.2 Å².